The number of hydrogen-bond donors (Lipinski definition) is 3. The molecule has 1 aromatic heterocycles. The zero-order valence-corrected chi connectivity index (χ0v) is 13.8. The summed E-state index contributed by atoms with van der Waals surface area (Å²) in [5.41, 5.74) is 2.01. The van der Waals surface area contributed by atoms with Gasteiger partial charge in [0.2, 0.25) is 0 Å². The summed E-state index contributed by atoms with van der Waals surface area (Å²) in [6.45, 7) is 0. The van der Waals surface area contributed by atoms with Crippen molar-refractivity contribution in [3.8, 4) is 22.4 Å². The van der Waals surface area contributed by atoms with Crippen molar-refractivity contribution < 1.29 is 29.7 Å². The van der Waals surface area contributed by atoms with Crippen molar-refractivity contribution in [3.05, 3.63) is 77.5 Å². The number of pyridine rings is 1. The quantitative estimate of drug-likeness (QED) is 0.633. The van der Waals surface area contributed by atoms with Crippen LogP contribution >= 0.6 is 0 Å². The van der Waals surface area contributed by atoms with Crippen molar-refractivity contribution >= 4 is 17.9 Å². The van der Waals surface area contributed by atoms with Gasteiger partial charge in [-0.05, 0) is 35.9 Å². The Hall–Kier alpha value is -4.00. The van der Waals surface area contributed by atoms with E-state index in [9.17, 15) is 19.5 Å². The molecule has 0 spiro atoms. The van der Waals surface area contributed by atoms with Crippen molar-refractivity contribution in [2.24, 2.45) is 0 Å². The maximum Gasteiger partial charge on any atom is 0.337 e. The smallest absolute Gasteiger partial charge is 0.337 e. The molecule has 7 heteroatoms. The summed E-state index contributed by atoms with van der Waals surface area (Å²) < 4.78 is 0. The first-order valence-electron chi connectivity index (χ1n) is 7.77. The van der Waals surface area contributed by atoms with Crippen LogP contribution in [0.3, 0.4) is 0 Å². The van der Waals surface area contributed by atoms with Gasteiger partial charge < -0.3 is 15.3 Å². The molecular weight excluding hydrogens is 350 g/mol. The molecule has 134 valence electrons. The highest BCUT2D eigenvalue weighted by Crippen LogP contribution is 2.27. The Morgan fingerprint density at radius 1 is 0.630 bits per heavy atom. The van der Waals surface area contributed by atoms with Crippen LogP contribution in [0.2, 0.25) is 0 Å². The first kappa shape index (κ1) is 17.8. The van der Waals surface area contributed by atoms with E-state index in [0.29, 0.717) is 16.7 Å². The number of carboxylic acid groups (broad SMARTS) is 3. The number of carbonyl (C=O) groups is 3. The Bertz CT molecular complexity index is 1040. The Morgan fingerprint density at radius 3 is 1.56 bits per heavy atom. The molecule has 0 amide bonds. The Labute approximate surface area is 153 Å². The molecule has 0 aliphatic heterocycles. The second-order valence-electron chi connectivity index (χ2n) is 5.69. The summed E-state index contributed by atoms with van der Waals surface area (Å²) in [6, 6.07) is 13.2. The molecule has 1 heterocycles. The SMILES string of the molecule is O=C(O)c1ccc(-c2cnc(-c3ccc(C(=O)O)cc3)c(C(=O)O)c2)cc1. The number of rotatable bonds is 5. The highest BCUT2D eigenvalue weighted by Gasteiger charge is 2.16. The van der Waals surface area contributed by atoms with Crippen LogP contribution in [0.15, 0.2) is 60.8 Å². The van der Waals surface area contributed by atoms with Gasteiger partial charge in [-0.1, -0.05) is 24.3 Å². The molecule has 0 bridgehead atoms. The number of benzene rings is 2. The van der Waals surface area contributed by atoms with Crippen LogP contribution in [0.4, 0.5) is 0 Å². The average Bonchev–Trinajstić information content (AvgIpc) is 2.67. The highest BCUT2D eigenvalue weighted by atomic mass is 16.4. The van der Waals surface area contributed by atoms with Crippen molar-refractivity contribution in [2.75, 3.05) is 0 Å². The van der Waals surface area contributed by atoms with E-state index in [1.807, 2.05) is 0 Å². The summed E-state index contributed by atoms with van der Waals surface area (Å²) in [4.78, 5) is 37.8. The van der Waals surface area contributed by atoms with Crippen LogP contribution in [0.25, 0.3) is 22.4 Å². The van der Waals surface area contributed by atoms with Gasteiger partial charge in [0.1, 0.15) is 0 Å². The Kier molecular flexibility index (Phi) is 4.68. The van der Waals surface area contributed by atoms with Gasteiger partial charge in [-0.3, -0.25) is 4.98 Å². The third-order valence-corrected chi connectivity index (χ3v) is 3.99. The molecule has 0 aliphatic carbocycles. The summed E-state index contributed by atoms with van der Waals surface area (Å²) in [5, 5.41) is 27.5. The van der Waals surface area contributed by atoms with Gasteiger partial charge in [0, 0.05) is 17.3 Å². The van der Waals surface area contributed by atoms with E-state index in [1.54, 1.807) is 12.1 Å². The Morgan fingerprint density at radius 2 is 1.11 bits per heavy atom. The first-order chi connectivity index (χ1) is 12.9. The lowest BCUT2D eigenvalue weighted by molar-refractivity contribution is 0.0686. The molecule has 0 radical (unpaired) electrons. The van der Waals surface area contributed by atoms with E-state index in [4.69, 9.17) is 10.2 Å². The average molecular weight is 363 g/mol. The van der Waals surface area contributed by atoms with Crippen molar-refractivity contribution in [1.82, 2.24) is 4.98 Å². The predicted octanol–water partition coefficient (Wildman–Crippen LogP) is 3.51. The van der Waals surface area contributed by atoms with Gasteiger partial charge in [0.05, 0.1) is 22.4 Å². The molecule has 0 aliphatic rings. The minimum atomic E-state index is -1.18. The first-order valence-corrected chi connectivity index (χ1v) is 7.77. The van der Waals surface area contributed by atoms with Crippen LogP contribution in [0, 0.1) is 0 Å². The Balaban J connectivity index is 2.03. The highest BCUT2D eigenvalue weighted by molar-refractivity contribution is 5.97. The molecular formula is C20H13NO6. The molecule has 0 atom stereocenters. The summed E-state index contributed by atoms with van der Waals surface area (Å²) in [5.74, 6) is -3.30. The lowest BCUT2D eigenvalue weighted by Crippen LogP contribution is -2.03. The van der Waals surface area contributed by atoms with Crippen molar-refractivity contribution in [3.63, 3.8) is 0 Å². The van der Waals surface area contributed by atoms with Crippen LogP contribution in [0.5, 0.6) is 0 Å². The maximum absolute atomic E-state index is 11.7. The van der Waals surface area contributed by atoms with E-state index in [0.717, 1.165) is 0 Å². The fourth-order valence-electron chi connectivity index (χ4n) is 2.59. The number of nitrogens with zero attached hydrogens (tertiary/aromatic N) is 1. The molecule has 0 unspecified atom stereocenters. The molecule has 0 fully saturated rings. The normalized spacial score (nSPS) is 10.4. The standard InChI is InChI=1S/C20H13NO6/c22-18(23)13-5-1-11(2-6-13)15-9-16(20(26)27)17(21-10-15)12-3-7-14(8-4-12)19(24)25/h1-10H,(H,22,23)(H,24,25)(H,26,27). The molecule has 3 aromatic rings. The lowest BCUT2D eigenvalue weighted by Gasteiger charge is -2.09. The minimum absolute atomic E-state index is 0.0436. The lowest BCUT2D eigenvalue weighted by atomic mass is 9.99. The van der Waals surface area contributed by atoms with Crippen molar-refractivity contribution in [1.29, 1.82) is 0 Å². The molecule has 0 saturated heterocycles. The van der Waals surface area contributed by atoms with Crippen LogP contribution in [0.1, 0.15) is 31.1 Å². The van der Waals surface area contributed by atoms with Gasteiger partial charge in [-0.25, -0.2) is 14.4 Å². The maximum atomic E-state index is 11.7. The third kappa shape index (κ3) is 3.67. The van der Waals surface area contributed by atoms with Crippen LogP contribution in [-0.4, -0.2) is 38.2 Å². The fourth-order valence-corrected chi connectivity index (χ4v) is 2.59. The third-order valence-electron chi connectivity index (χ3n) is 3.99. The van der Waals surface area contributed by atoms with E-state index in [2.05, 4.69) is 4.98 Å². The molecule has 3 N–H and O–H groups in total. The van der Waals surface area contributed by atoms with Gasteiger partial charge in [-0.2, -0.15) is 0 Å². The number of aromatic nitrogens is 1. The zero-order valence-electron chi connectivity index (χ0n) is 13.8. The van der Waals surface area contributed by atoms with Gasteiger partial charge >= 0.3 is 17.9 Å². The summed E-state index contributed by atoms with van der Waals surface area (Å²) in [7, 11) is 0. The second kappa shape index (κ2) is 7.09. The van der Waals surface area contributed by atoms with Gasteiger partial charge in [0.15, 0.2) is 0 Å². The van der Waals surface area contributed by atoms with Crippen LogP contribution in [-0.2, 0) is 0 Å². The topological polar surface area (TPSA) is 125 Å². The number of hydrogen-bond acceptors (Lipinski definition) is 4. The van der Waals surface area contributed by atoms with Gasteiger partial charge in [0.25, 0.3) is 0 Å². The van der Waals surface area contributed by atoms with E-state index in [1.165, 1.54) is 48.7 Å². The van der Waals surface area contributed by atoms with Gasteiger partial charge in [-0.15, -0.1) is 0 Å². The minimum Gasteiger partial charge on any atom is -0.478 e. The zero-order chi connectivity index (χ0) is 19.6. The summed E-state index contributed by atoms with van der Waals surface area (Å²) in [6.07, 6.45) is 1.49. The monoisotopic (exact) mass is 363 g/mol. The molecule has 3 rings (SSSR count). The van der Waals surface area contributed by atoms with E-state index in [-0.39, 0.29) is 22.4 Å². The molecule has 0 saturated carbocycles. The van der Waals surface area contributed by atoms with E-state index >= 15 is 0 Å². The predicted molar refractivity (Wildman–Crippen MR) is 96.0 cm³/mol. The fraction of sp³-hybridized carbons (Fsp3) is 0. The second-order valence-corrected chi connectivity index (χ2v) is 5.69. The van der Waals surface area contributed by atoms with E-state index < -0.39 is 17.9 Å². The molecule has 27 heavy (non-hydrogen) atoms. The summed E-state index contributed by atoms with van der Waals surface area (Å²) >= 11 is 0. The molecule has 2 aromatic carbocycles. The molecule has 7 nitrogen and oxygen atoms in total. The largest absolute Gasteiger partial charge is 0.478 e. The number of carboxylic acids is 3. The number of aromatic carboxylic acids is 3. The van der Waals surface area contributed by atoms with Crippen LogP contribution < -0.4 is 0 Å². The van der Waals surface area contributed by atoms with Crippen molar-refractivity contribution in [2.45, 2.75) is 0 Å².